The van der Waals surface area contributed by atoms with Crippen molar-refractivity contribution >= 4 is 5.97 Å². The van der Waals surface area contributed by atoms with Crippen LogP contribution in [0.1, 0.15) is 57.4 Å². The number of hydrogen-bond acceptors (Lipinski definition) is 1. The smallest absolute Gasteiger partial charge is 0.303 e. The summed E-state index contributed by atoms with van der Waals surface area (Å²) in [7, 11) is 0. The SMILES string of the molecule is CCCCCC(C)C(CC(=O)O)c1ccccc1. The summed E-state index contributed by atoms with van der Waals surface area (Å²) in [4.78, 5) is 11.0. The molecular weight excluding hydrogens is 224 g/mol. The van der Waals surface area contributed by atoms with E-state index in [1.807, 2.05) is 30.3 Å². The minimum atomic E-state index is -0.703. The zero-order valence-corrected chi connectivity index (χ0v) is 11.4. The molecule has 0 amide bonds. The van der Waals surface area contributed by atoms with Crippen LogP contribution in [-0.2, 0) is 4.79 Å². The molecule has 1 N–H and O–H groups in total. The number of rotatable bonds is 8. The molecule has 100 valence electrons. The second kappa shape index (κ2) is 7.91. The normalized spacial score (nSPS) is 14.1. The van der Waals surface area contributed by atoms with Gasteiger partial charge in [-0.3, -0.25) is 4.79 Å². The monoisotopic (exact) mass is 248 g/mol. The molecule has 0 aliphatic rings. The molecule has 1 aromatic carbocycles. The Morgan fingerprint density at radius 3 is 2.44 bits per heavy atom. The van der Waals surface area contributed by atoms with Crippen molar-refractivity contribution in [2.45, 2.75) is 51.9 Å². The molecule has 0 aliphatic carbocycles. The van der Waals surface area contributed by atoms with E-state index in [1.54, 1.807) is 0 Å². The van der Waals surface area contributed by atoms with Crippen LogP contribution in [0.5, 0.6) is 0 Å². The predicted octanol–water partition coefficient (Wildman–Crippen LogP) is 4.46. The van der Waals surface area contributed by atoms with Gasteiger partial charge in [0, 0.05) is 0 Å². The van der Waals surface area contributed by atoms with Gasteiger partial charge in [0.2, 0.25) is 0 Å². The molecule has 0 radical (unpaired) electrons. The van der Waals surface area contributed by atoms with Gasteiger partial charge in [-0.15, -0.1) is 0 Å². The number of carbonyl (C=O) groups is 1. The first-order chi connectivity index (χ1) is 8.65. The van der Waals surface area contributed by atoms with Crippen molar-refractivity contribution in [2.75, 3.05) is 0 Å². The fourth-order valence-corrected chi connectivity index (χ4v) is 2.45. The van der Waals surface area contributed by atoms with Gasteiger partial charge in [0.15, 0.2) is 0 Å². The highest BCUT2D eigenvalue weighted by molar-refractivity contribution is 5.68. The maximum atomic E-state index is 11.0. The molecule has 1 aromatic rings. The average molecular weight is 248 g/mol. The fraction of sp³-hybridized carbons (Fsp3) is 0.562. The Morgan fingerprint density at radius 1 is 1.22 bits per heavy atom. The maximum absolute atomic E-state index is 11.0. The molecule has 0 bridgehead atoms. The molecule has 2 heteroatoms. The lowest BCUT2D eigenvalue weighted by atomic mass is 9.82. The molecule has 2 unspecified atom stereocenters. The van der Waals surface area contributed by atoms with E-state index >= 15 is 0 Å². The highest BCUT2D eigenvalue weighted by atomic mass is 16.4. The van der Waals surface area contributed by atoms with Gasteiger partial charge in [0.05, 0.1) is 6.42 Å². The molecule has 0 heterocycles. The molecule has 2 nitrogen and oxygen atoms in total. The second-order valence-corrected chi connectivity index (χ2v) is 5.09. The first kappa shape index (κ1) is 14.7. The fourth-order valence-electron chi connectivity index (χ4n) is 2.45. The van der Waals surface area contributed by atoms with Crippen LogP contribution in [0.2, 0.25) is 0 Å². The maximum Gasteiger partial charge on any atom is 0.303 e. The van der Waals surface area contributed by atoms with Crippen LogP contribution < -0.4 is 0 Å². The van der Waals surface area contributed by atoms with Crippen molar-refractivity contribution in [3.05, 3.63) is 35.9 Å². The number of carboxylic acids is 1. The van der Waals surface area contributed by atoms with Crippen molar-refractivity contribution in [1.82, 2.24) is 0 Å². The lowest BCUT2D eigenvalue weighted by molar-refractivity contribution is -0.137. The highest BCUT2D eigenvalue weighted by Crippen LogP contribution is 2.31. The molecule has 0 aliphatic heterocycles. The van der Waals surface area contributed by atoms with Gasteiger partial charge in [-0.25, -0.2) is 0 Å². The highest BCUT2D eigenvalue weighted by Gasteiger charge is 2.21. The third-order valence-electron chi connectivity index (χ3n) is 3.57. The van der Waals surface area contributed by atoms with Crippen LogP contribution in [0.25, 0.3) is 0 Å². The van der Waals surface area contributed by atoms with Gasteiger partial charge in [-0.05, 0) is 17.4 Å². The van der Waals surface area contributed by atoms with Crippen LogP contribution in [0.4, 0.5) is 0 Å². The Bertz CT molecular complexity index is 345. The third-order valence-corrected chi connectivity index (χ3v) is 3.57. The molecule has 0 saturated carbocycles. The quantitative estimate of drug-likeness (QED) is 0.689. The average Bonchev–Trinajstić information content (AvgIpc) is 2.37. The van der Waals surface area contributed by atoms with Crippen molar-refractivity contribution in [3.8, 4) is 0 Å². The largest absolute Gasteiger partial charge is 0.481 e. The number of aliphatic carboxylic acids is 1. The zero-order valence-electron chi connectivity index (χ0n) is 11.4. The van der Waals surface area contributed by atoms with Gasteiger partial charge in [0.25, 0.3) is 0 Å². The van der Waals surface area contributed by atoms with Crippen LogP contribution in [0.3, 0.4) is 0 Å². The van der Waals surface area contributed by atoms with E-state index < -0.39 is 5.97 Å². The molecular formula is C16H24O2. The van der Waals surface area contributed by atoms with Crippen molar-refractivity contribution in [1.29, 1.82) is 0 Å². The first-order valence-electron chi connectivity index (χ1n) is 6.91. The van der Waals surface area contributed by atoms with Gasteiger partial charge in [-0.2, -0.15) is 0 Å². The van der Waals surface area contributed by atoms with E-state index in [0.29, 0.717) is 5.92 Å². The van der Waals surface area contributed by atoms with Crippen LogP contribution in [-0.4, -0.2) is 11.1 Å². The Kier molecular flexibility index (Phi) is 6.48. The summed E-state index contributed by atoms with van der Waals surface area (Å²) >= 11 is 0. The Labute approximate surface area is 110 Å². The van der Waals surface area contributed by atoms with Gasteiger partial charge < -0.3 is 5.11 Å². The van der Waals surface area contributed by atoms with Gasteiger partial charge in [-0.1, -0.05) is 69.9 Å². The summed E-state index contributed by atoms with van der Waals surface area (Å²) in [6.45, 7) is 4.37. The van der Waals surface area contributed by atoms with Crippen LogP contribution in [0, 0.1) is 5.92 Å². The molecule has 0 aromatic heterocycles. The van der Waals surface area contributed by atoms with Crippen LogP contribution in [0.15, 0.2) is 30.3 Å². The summed E-state index contributed by atoms with van der Waals surface area (Å²) in [6, 6.07) is 10.0. The standard InChI is InChI=1S/C16H24O2/c1-3-4-6-9-13(2)15(12-16(17)18)14-10-7-5-8-11-14/h5,7-8,10-11,13,15H,3-4,6,9,12H2,1-2H3,(H,17,18). The van der Waals surface area contributed by atoms with Crippen LogP contribution >= 0.6 is 0 Å². The molecule has 18 heavy (non-hydrogen) atoms. The Balaban J connectivity index is 2.69. The predicted molar refractivity (Wildman–Crippen MR) is 74.7 cm³/mol. The Morgan fingerprint density at radius 2 is 1.89 bits per heavy atom. The van der Waals surface area contributed by atoms with E-state index in [-0.39, 0.29) is 12.3 Å². The molecule has 0 fully saturated rings. The topological polar surface area (TPSA) is 37.3 Å². The molecule has 1 rings (SSSR count). The lowest BCUT2D eigenvalue weighted by Gasteiger charge is -2.23. The minimum absolute atomic E-state index is 0.139. The van der Waals surface area contributed by atoms with Gasteiger partial charge >= 0.3 is 5.97 Å². The third kappa shape index (κ3) is 4.91. The van der Waals surface area contributed by atoms with E-state index in [2.05, 4.69) is 13.8 Å². The summed E-state index contributed by atoms with van der Waals surface area (Å²) in [5, 5.41) is 9.07. The lowest BCUT2D eigenvalue weighted by Crippen LogP contribution is -2.14. The Hall–Kier alpha value is -1.31. The van der Waals surface area contributed by atoms with Gasteiger partial charge in [0.1, 0.15) is 0 Å². The van der Waals surface area contributed by atoms with E-state index in [9.17, 15) is 4.79 Å². The molecule has 0 saturated heterocycles. The minimum Gasteiger partial charge on any atom is -0.481 e. The number of benzene rings is 1. The summed E-state index contributed by atoms with van der Waals surface area (Å²) < 4.78 is 0. The van der Waals surface area contributed by atoms with E-state index in [4.69, 9.17) is 5.11 Å². The number of carboxylic acid groups (broad SMARTS) is 1. The summed E-state index contributed by atoms with van der Waals surface area (Å²) in [5.74, 6) is -0.137. The molecule has 2 atom stereocenters. The van der Waals surface area contributed by atoms with E-state index in [1.165, 1.54) is 19.3 Å². The number of unbranched alkanes of at least 4 members (excludes halogenated alkanes) is 2. The van der Waals surface area contributed by atoms with Crippen molar-refractivity contribution < 1.29 is 9.90 Å². The summed E-state index contributed by atoms with van der Waals surface area (Å²) in [6.07, 6.45) is 4.99. The summed E-state index contributed by atoms with van der Waals surface area (Å²) in [5.41, 5.74) is 1.16. The van der Waals surface area contributed by atoms with E-state index in [0.717, 1.165) is 12.0 Å². The zero-order chi connectivity index (χ0) is 13.4. The number of hydrogen-bond donors (Lipinski definition) is 1. The van der Waals surface area contributed by atoms with Crippen molar-refractivity contribution in [2.24, 2.45) is 5.92 Å². The molecule has 0 spiro atoms. The van der Waals surface area contributed by atoms with Crippen molar-refractivity contribution in [3.63, 3.8) is 0 Å². The second-order valence-electron chi connectivity index (χ2n) is 5.09. The first-order valence-corrected chi connectivity index (χ1v) is 6.91.